The second kappa shape index (κ2) is 5.08. The van der Waals surface area contributed by atoms with Crippen molar-refractivity contribution in [2.75, 3.05) is 11.9 Å². The maximum absolute atomic E-state index is 5.70. The van der Waals surface area contributed by atoms with Crippen LogP contribution in [0, 0.1) is 20.8 Å². The molecule has 0 bridgehead atoms. The molecular weight excluding hydrogens is 242 g/mol. The molecule has 0 saturated carbocycles. The molecule has 4 heteroatoms. The van der Waals surface area contributed by atoms with E-state index in [1.165, 1.54) is 16.8 Å². The van der Waals surface area contributed by atoms with E-state index in [1.807, 2.05) is 14.0 Å². The van der Waals surface area contributed by atoms with E-state index in [4.69, 9.17) is 5.73 Å². The fourth-order valence-corrected chi connectivity index (χ4v) is 2.92. The number of aromatic nitrogens is 1. The van der Waals surface area contributed by atoms with Gasteiger partial charge in [0.2, 0.25) is 0 Å². The Hall–Kier alpha value is -1.39. The summed E-state index contributed by atoms with van der Waals surface area (Å²) in [5.41, 5.74) is 10.4. The first-order valence-electron chi connectivity index (χ1n) is 5.99. The molecule has 0 unspecified atom stereocenters. The van der Waals surface area contributed by atoms with Gasteiger partial charge in [-0.1, -0.05) is 17.4 Å². The molecule has 96 valence electrons. The number of hydrogen-bond acceptors (Lipinski definition) is 4. The molecule has 18 heavy (non-hydrogen) atoms. The largest absolute Gasteiger partial charge is 0.326 e. The molecule has 0 saturated heterocycles. The summed E-state index contributed by atoms with van der Waals surface area (Å²) in [7, 11) is 2.05. The van der Waals surface area contributed by atoms with Crippen LogP contribution >= 0.6 is 11.3 Å². The summed E-state index contributed by atoms with van der Waals surface area (Å²) in [6, 6.07) is 6.52. The van der Waals surface area contributed by atoms with Gasteiger partial charge in [0.25, 0.3) is 0 Å². The van der Waals surface area contributed by atoms with Crippen LogP contribution in [-0.2, 0) is 6.54 Å². The molecule has 1 aromatic heterocycles. The van der Waals surface area contributed by atoms with Crippen molar-refractivity contribution in [3.8, 4) is 0 Å². The third-order valence-electron chi connectivity index (χ3n) is 2.95. The number of rotatable bonds is 3. The van der Waals surface area contributed by atoms with Crippen LogP contribution < -0.4 is 10.6 Å². The van der Waals surface area contributed by atoms with Crippen LogP contribution in [0.2, 0.25) is 0 Å². The van der Waals surface area contributed by atoms with Crippen LogP contribution in [0.1, 0.15) is 21.7 Å². The summed E-state index contributed by atoms with van der Waals surface area (Å²) in [5.74, 6) is 0. The number of nitrogens with two attached hydrogens (primary N) is 1. The van der Waals surface area contributed by atoms with Crippen molar-refractivity contribution in [1.29, 1.82) is 0 Å². The van der Waals surface area contributed by atoms with E-state index < -0.39 is 0 Å². The van der Waals surface area contributed by atoms with Gasteiger partial charge in [-0.15, -0.1) is 0 Å². The number of nitrogens with zero attached hydrogens (tertiary/aromatic N) is 2. The van der Waals surface area contributed by atoms with E-state index >= 15 is 0 Å². The van der Waals surface area contributed by atoms with Gasteiger partial charge in [0.1, 0.15) is 0 Å². The Morgan fingerprint density at radius 3 is 2.28 bits per heavy atom. The van der Waals surface area contributed by atoms with Gasteiger partial charge in [-0.25, -0.2) is 4.98 Å². The van der Waals surface area contributed by atoms with Crippen molar-refractivity contribution in [2.45, 2.75) is 27.3 Å². The summed E-state index contributed by atoms with van der Waals surface area (Å²) >= 11 is 1.66. The second-order valence-electron chi connectivity index (χ2n) is 4.61. The number of thiazole rings is 1. The maximum atomic E-state index is 5.70. The zero-order chi connectivity index (χ0) is 13.3. The molecule has 1 aromatic carbocycles. The van der Waals surface area contributed by atoms with Gasteiger partial charge in [0.05, 0.1) is 5.69 Å². The average molecular weight is 261 g/mol. The number of hydrogen-bond donors (Lipinski definition) is 1. The lowest BCUT2D eigenvalue weighted by Crippen LogP contribution is -2.09. The molecule has 1 heterocycles. The predicted octanol–water partition coefficient (Wildman–Crippen LogP) is 3.29. The number of aryl methyl sites for hydroxylation is 3. The van der Waals surface area contributed by atoms with Gasteiger partial charge < -0.3 is 10.6 Å². The Balaban J connectivity index is 2.37. The van der Waals surface area contributed by atoms with Gasteiger partial charge in [-0.05, 0) is 44.0 Å². The molecule has 2 N–H and O–H groups in total. The zero-order valence-corrected chi connectivity index (χ0v) is 12.1. The van der Waals surface area contributed by atoms with E-state index in [2.05, 4.69) is 41.9 Å². The Morgan fingerprint density at radius 2 is 1.78 bits per heavy atom. The van der Waals surface area contributed by atoms with Crippen molar-refractivity contribution in [3.05, 3.63) is 39.9 Å². The fourth-order valence-electron chi connectivity index (χ4n) is 2.00. The first kappa shape index (κ1) is 13.1. The Bertz CT molecular complexity index is 540. The second-order valence-corrected chi connectivity index (χ2v) is 5.68. The number of benzene rings is 1. The topological polar surface area (TPSA) is 42.2 Å². The minimum Gasteiger partial charge on any atom is -0.326 e. The van der Waals surface area contributed by atoms with E-state index in [-0.39, 0.29) is 0 Å². The van der Waals surface area contributed by atoms with Crippen molar-refractivity contribution in [2.24, 2.45) is 5.73 Å². The van der Waals surface area contributed by atoms with Crippen molar-refractivity contribution < 1.29 is 0 Å². The minimum absolute atomic E-state index is 0.560. The lowest BCUT2D eigenvalue weighted by Gasteiger charge is -2.17. The molecule has 0 aliphatic heterocycles. The predicted molar refractivity (Wildman–Crippen MR) is 78.7 cm³/mol. The van der Waals surface area contributed by atoms with Crippen LogP contribution in [0.15, 0.2) is 18.2 Å². The fraction of sp³-hybridized carbons (Fsp3) is 0.357. The van der Waals surface area contributed by atoms with Crippen LogP contribution in [0.3, 0.4) is 0 Å². The third-order valence-corrected chi connectivity index (χ3v) is 4.20. The highest BCUT2D eigenvalue weighted by Gasteiger charge is 2.12. The van der Waals surface area contributed by atoms with Crippen LogP contribution in [-0.4, -0.2) is 12.0 Å². The number of anilines is 2. The molecule has 3 nitrogen and oxygen atoms in total. The zero-order valence-electron chi connectivity index (χ0n) is 11.3. The smallest absolute Gasteiger partial charge is 0.190 e. The van der Waals surface area contributed by atoms with E-state index in [1.54, 1.807) is 11.3 Å². The van der Waals surface area contributed by atoms with Crippen LogP contribution in [0.5, 0.6) is 0 Å². The lowest BCUT2D eigenvalue weighted by atomic mass is 10.1. The Morgan fingerprint density at radius 1 is 1.17 bits per heavy atom. The first-order chi connectivity index (χ1) is 8.51. The van der Waals surface area contributed by atoms with E-state index in [0.29, 0.717) is 6.54 Å². The van der Waals surface area contributed by atoms with E-state index in [9.17, 15) is 0 Å². The highest BCUT2D eigenvalue weighted by Crippen LogP contribution is 2.31. The molecule has 0 spiro atoms. The van der Waals surface area contributed by atoms with Gasteiger partial charge in [0.15, 0.2) is 5.13 Å². The molecular formula is C14H19N3S. The van der Waals surface area contributed by atoms with Gasteiger partial charge in [-0.2, -0.15) is 0 Å². The third kappa shape index (κ3) is 2.54. The Labute approximate surface area is 112 Å². The normalized spacial score (nSPS) is 10.7. The molecule has 0 fully saturated rings. The minimum atomic E-state index is 0.560. The monoisotopic (exact) mass is 261 g/mol. The maximum Gasteiger partial charge on any atom is 0.190 e. The van der Waals surface area contributed by atoms with Gasteiger partial charge in [-0.3, -0.25) is 0 Å². The SMILES string of the molecule is Cc1cc(C)cc(N(C)c2nc(C)c(CN)s2)c1. The quantitative estimate of drug-likeness (QED) is 0.922. The van der Waals surface area contributed by atoms with Crippen LogP contribution in [0.4, 0.5) is 10.8 Å². The van der Waals surface area contributed by atoms with Crippen LogP contribution in [0.25, 0.3) is 0 Å². The molecule has 2 rings (SSSR count). The molecule has 0 atom stereocenters. The molecule has 2 aromatic rings. The molecule has 0 radical (unpaired) electrons. The van der Waals surface area contributed by atoms with Gasteiger partial charge in [0, 0.05) is 24.2 Å². The Kier molecular flexibility index (Phi) is 3.68. The highest BCUT2D eigenvalue weighted by atomic mass is 32.1. The molecule has 0 aliphatic rings. The standard InChI is InChI=1S/C14H19N3S/c1-9-5-10(2)7-12(6-9)17(4)14-16-11(3)13(8-15)18-14/h5-7H,8,15H2,1-4H3. The average Bonchev–Trinajstić information content (AvgIpc) is 2.68. The van der Waals surface area contributed by atoms with Gasteiger partial charge >= 0.3 is 0 Å². The summed E-state index contributed by atoms with van der Waals surface area (Å²) in [6.07, 6.45) is 0. The highest BCUT2D eigenvalue weighted by molar-refractivity contribution is 7.15. The molecule has 0 amide bonds. The summed E-state index contributed by atoms with van der Waals surface area (Å²) in [6.45, 7) is 6.80. The summed E-state index contributed by atoms with van der Waals surface area (Å²) in [4.78, 5) is 7.86. The summed E-state index contributed by atoms with van der Waals surface area (Å²) in [5, 5.41) is 0.998. The van der Waals surface area contributed by atoms with E-state index in [0.717, 1.165) is 15.7 Å². The molecule has 0 aliphatic carbocycles. The van der Waals surface area contributed by atoms with Crippen molar-refractivity contribution in [1.82, 2.24) is 4.98 Å². The van der Waals surface area contributed by atoms with Crippen molar-refractivity contribution in [3.63, 3.8) is 0 Å². The first-order valence-corrected chi connectivity index (χ1v) is 6.81. The van der Waals surface area contributed by atoms with Crippen molar-refractivity contribution >= 4 is 22.2 Å². The summed E-state index contributed by atoms with van der Waals surface area (Å²) < 4.78 is 0. The lowest BCUT2D eigenvalue weighted by molar-refractivity contribution is 1.05.